The standard InChI is InChI=1S/C9H18N2O.C8H18N2O2S.C8H17NOS.C8H15NO.2C8H17N.C7H11NO2.C6H13NO2S/c1-8(2)10-4-6-11(7-5-10)9(3)12;1-8(2)9-4-6-10(7-5-9)13(3,11)12;1-8(2)9-4-6-11(3,10)7-5-9;1-7(2)9-6-4-3-5-8(9)10;1-7(2)9-5-4-8(3)6-9;1-8(2)9-6-4-3-5-7-9;1-5(2)8-6(9)3-4-7(8)10;1-6(2)7-4-3-5-10(7,8)9/h8H,4-7H2,1-3H3;8H,4-7H2,1-3H3;8H,3-7H2,1-2H3;7H,3-6H2,1-2H3;7-8H,4-6H2,1-3H3;8H,3-7H2,1-2H3;5H,3-4H2,1-2H3;6H,3-5H2,1-2H3. The molecule has 0 N–H and O–H groups in total. The van der Waals surface area contributed by atoms with Gasteiger partial charge >= 0.3 is 0 Å². The molecule has 0 saturated carbocycles. The van der Waals surface area contributed by atoms with E-state index < -0.39 is 29.6 Å². The summed E-state index contributed by atoms with van der Waals surface area (Å²) < 4.78 is 59.1. The maximum absolute atomic E-state index is 11.4. The Balaban J connectivity index is 0.000000481. The van der Waals surface area contributed by atoms with Crippen LogP contribution < -0.4 is 0 Å². The van der Waals surface area contributed by atoms with Crippen molar-refractivity contribution in [1.82, 2.24) is 47.8 Å². The number of rotatable bonds is 9. The number of likely N-dealkylation sites (tertiary alicyclic amines) is 4. The highest BCUT2D eigenvalue weighted by molar-refractivity contribution is 8.00. The molecule has 1 atom stereocenters. The SMILES string of the molecule is C=S1(=O)CCN(C(C)C)CC1.CC(=O)N1CCN(C(C)C)CC1.CC(C)N1C(=O)CCC1=O.CC(C)N1CCCCC1.CC(C)N1CCCCC1=O.CC(C)N1CCCS1(=O)=O.CC(C)N1CCN(S(C)(=O)=O)CC1.CC1CCN(C(C)C)C1. The molecular formula is C62H126N10O9S3. The summed E-state index contributed by atoms with van der Waals surface area (Å²) in [7, 11) is -7.51. The maximum atomic E-state index is 11.4. The largest absolute Gasteiger partial charge is 0.340 e. The zero-order chi connectivity index (χ0) is 64.3. The molecule has 0 bridgehead atoms. The summed E-state index contributed by atoms with van der Waals surface area (Å²) in [5, 5.41) is 0. The topological polar surface area (TPSA) is 186 Å². The molecule has 0 aromatic rings. The second-order valence-corrected chi connectivity index (χ2v) is 33.1. The van der Waals surface area contributed by atoms with Gasteiger partial charge in [0.2, 0.25) is 43.7 Å². The van der Waals surface area contributed by atoms with Crippen LogP contribution in [0.25, 0.3) is 0 Å². The van der Waals surface area contributed by atoms with E-state index in [4.69, 9.17) is 0 Å². The Morgan fingerprint density at radius 1 is 0.464 bits per heavy atom. The number of imide groups is 1. The van der Waals surface area contributed by atoms with E-state index in [-0.39, 0.29) is 29.8 Å². The predicted molar refractivity (Wildman–Crippen MR) is 352 cm³/mol. The van der Waals surface area contributed by atoms with Crippen molar-refractivity contribution in [3.05, 3.63) is 0 Å². The van der Waals surface area contributed by atoms with Crippen LogP contribution in [0.5, 0.6) is 0 Å². The Hall–Kier alpha value is -2.28. The number of carbonyl (C=O) groups is 4. The second kappa shape index (κ2) is 39.7. The number of hydrogen-bond donors (Lipinski definition) is 0. The Morgan fingerprint density at radius 2 is 0.893 bits per heavy atom. The van der Waals surface area contributed by atoms with Gasteiger partial charge in [-0.3, -0.25) is 43.0 Å². The first-order valence-electron chi connectivity index (χ1n) is 32.3. The van der Waals surface area contributed by atoms with Crippen molar-refractivity contribution in [2.45, 2.75) is 237 Å². The van der Waals surface area contributed by atoms with Crippen molar-refractivity contribution in [2.75, 3.05) is 128 Å². The van der Waals surface area contributed by atoms with Gasteiger partial charge in [-0.1, -0.05) is 13.3 Å². The summed E-state index contributed by atoms with van der Waals surface area (Å²) in [6, 6.07) is 3.80. The monoisotopic (exact) mass is 1250 g/mol. The van der Waals surface area contributed by atoms with E-state index >= 15 is 0 Å². The van der Waals surface area contributed by atoms with Gasteiger partial charge in [0.15, 0.2) is 0 Å². The molecule has 8 aliphatic rings. The molecule has 84 heavy (non-hydrogen) atoms. The highest BCUT2D eigenvalue weighted by atomic mass is 32.2. The molecule has 0 aromatic carbocycles. The minimum atomic E-state index is -2.97. The molecule has 1 unspecified atom stereocenters. The van der Waals surface area contributed by atoms with Gasteiger partial charge < -0.3 is 19.6 Å². The zero-order valence-corrected chi connectivity index (χ0v) is 59.2. The van der Waals surface area contributed by atoms with Gasteiger partial charge in [-0.15, -0.1) is 0 Å². The second-order valence-electron chi connectivity index (χ2n) is 26.4. The molecule has 0 aliphatic carbocycles. The van der Waals surface area contributed by atoms with E-state index in [0.717, 1.165) is 108 Å². The van der Waals surface area contributed by atoms with Crippen LogP contribution in [0.1, 0.15) is 189 Å². The van der Waals surface area contributed by atoms with E-state index in [2.05, 4.69) is 120 Å². The molecule has 22 heteroatoms. The van der Waals surface area contributed by atoms with Crippen molar-refractivity contribution in [1.29, 1.82) is 0 Å². The van der Waals surface area contributed by atoms with Crippen molar-refractivity contribution in [3.8, 4) is 0 Å². The Morgan fingerprint density at radius 3 is 1.18 bits per heavy atom. The van der Waals surface area contributed by atoms with Gasteiger partial charge in [0.1, 0.15) is 0 Å². The van der Waals surface area contributed by atoms with Crippen molar-refractivity contribution >= 4 is 59.1 Å². The minimum absolute atomic E-state index is 0.0278. The predicted octanol–water partition coefficient (Wildman–Crippen LogP) is 6.96. The lowest BCUT2D eigenvalue weighted by Gasteiger charge is -2.36. The number of piperidine rings is 2. The van der Waals surface area contributed by atoms with Crippen LogP contribution in [-0.4, -0.2) is 275 Å². The lowest BCUT2D eigenvalue weighted by Crippen LogP contribution is -2.50. The molecular weight excluding hydrogens is 1120 g/mol. The molecule has 8 rings (SSSR count). The van der Waals surface area contributed by atoms with E-state index in [1.165, 1.54) is 69.4 Å². The summed E-state index contributed by atoms with van der Waals surface area (Å²) in [6.07, 6.45) is 11.6. The third-order valence-electron chi connectivity index (χ3n) is 16.8. The fourth-order valence-electron chi connectivity index (χ4n) is 11.1. The van der Waals surface area contributed by atoms with Gasteiger partial charge in [0.05, 0.1) is 12.0 Å². The van der Waals surface area contributed by atoms with Crippen molar-refractivity contribution in [3.63, 3.8) is 0 Å². The Kier molecular flexibility index (Phi) is 37.7. The quantitative estimate of drug-likeness (QED) is 0.171. The summed E-state index contributed by atoms with van der Waals surface area (Å²) in [5.74, 6) is 7.05. The smallest absolute Gasteiger partial charge is 0.229 e. The summed E-state index contributed by atoms with van der Waals surface area (Å²) in [6.45, 7) is 53.5. The first-order chi connectivity index (χ1) is 38.9. The maximum Gasteiger partial charge on any atom is 0.229 e. The minimum Gasteiger partial charge on any atom is -0.340 e. The van der Waals surface area contributed by atoms with Crippen LogP contribution in [-0.2, 0) is 48.7 Å². The van der Waals surface area contributed by atoms with E-state index in [0.29, 0.717) is 68.3 Å². The van der Waals surface area contributed by atoms with Crippen LogP contribution in [0, 0.1) is 5.92 Å². The van der Waals surface area contributed by atoms with Gasteiger partial charge in [0.25, 0.3) is 0 Å². The lowest BCUT2D eigenvalue weighted by atomic mass is 10.1. The normalized spacial score (nSPS) is 23.2. The number of hydrogen-bond acceptors (Lipinski definition) is 14. The highest BCUT2D eigenvalue weighted by Gasteiger charge is 2.32. The van der Waals surface area contributed by atoms with Gasteiger partial charge in [-0.05, 0) is 190 Å². The molecule has 8 aliphatic heterocycles. The summed E-state index contributed by atoms with van der Waals surface area (Å²) in [5.41, 5.74) is 0. The van der Waals surface area contributed by atoms with Crippen LogP contribution in [0.3, 0.4) is 0 Å². The molecule has 0 radical (unpaired) electrons. The average Bonchev–Trinajstić information content (AvgIpc) is 4.34. The van der Waals surface area contributed by atoms with Crippen molar-refractivity contribution < 1.29 is 40.2 Å². The first kappa shape index (κ1) is 79.7. The Labute approximate surface area is 515 Å². The van der Waals surface area contributed by atoms with E-state index in [1.807, 2.05) is 37.5 Å². The van der Waals surface area contributed by atoms with Gasteiger partial charge in [0, 0.05) is 171 Å². The Bertz CT molecular complexity index is 2180. The fraction of sp³-hybridized carbons (Fsp3) is 0.919. The third-order valence-corrected chi connectivity index (χ3v) is 22.1. The number of nitrogens with zero attached hydrogens (tertiary/aromatic N) is 10. The molecule has 8 heterocycles. The van der Waals surface area contributed by atoms with Gasteiger partial charge in [-0.25, -0.2) is 16.8 Å². The van der Waals surface area contributed by atoms with E-state index in [1.54, 1.807) is 15.5 Å². The highest BCUT2D eigenvalue weighted by Crippen LogP contribution is 2.19. The van der Waals surface area contributed by atoms with Crippen LogP contribution in [0.2, 0.25) is 0 Å². The number of piperazine rings is 2. The number of carbonyl (C=O) groups excluding carboxylic acids is 4. The third kappa shape index (κ3) is 31.3. The van der Waals surface area contributed by atoms with E-state index in [9.17, 15) is 40.2 Å². The van der Waals surface area contributed by atoms with Crippen LogP contribution in [0.15, 0.2) is 0 Å². The van der Waals surface area contributed by atoms with Crippen molar-refractivity contribution in [2.24, 2.45) is 5.92 Å². The lowest BCUT2D eigenvalue weighted by molar-refractivity contribution is -0.140. The molecule has 8 fully saturated rings. The molecule has 4 amide bonds. The zero-order valence-electron chi connectivity index (χ0n) is 56.8. The molecule has 19 nitrogen and oxygen atoms in total. The summed E-state index contributed by atoms with van der Waals surface area (Å²) in [4.78, 5) is 61.4. The molecule has 8 saturated heterocycles. The molecule has 0 spiro atoms. The number of sulfonamides is 2. The molecule has 496 valence electrons. The summed E-state index contributed by atoms with van der Waals surface area (Å²) >= 11 is 0. The van der Waals surface area contributed by atoms with Gasteiger partial charge in [-0.2, -0.15) is 8.61 Å². The fourth-order valence-corrected chi connectivity index (χ4v) is 15.0. The average molecular weight is 1250 g/mol. The first-order valence-corrected chi connectivity index (χ1v) is 37.8. The van der Waals surface area contributed by atoms with Crippen LogP contribution in [0.4, 0.5) is 0 Å². The van der Waals surface area contributed by atoms with Crippen LogP contribution >= 0.6 is 0 Å². The number of amides is 4. The molecule has 0 aromatic heterocycles.